The van der Waals surface area contributed by atoms with Crippen molar-refractivity contribution >= 4 is 35.3 Å². The predicted molar refractivity (Wildman–Crippen MR) is 161 cm³/mol. The van der Waals surface area contributed by atoms with Crippen LogP contribution in [-0.4, -0.2) is 67.4 Å². The highest BCUT2D eigenvalue weighted by Gasteiger charge is 2.31. The molecule has 0 fully saturated rings. The van der Waals surface area contributed by atoms with E-state index < -0.39 is 30.3 Å². The van der Waals surface area contributed by atoms with Gasteiger partial charge in [-0.05, 0) is 79.9 Å². The number of amides is 1. The molecule has 0 aliphatic rings. The van der Waals surface area contributed by atoms with Crippen molar-refractivity contribution in [3.63, 3.8) is 0 Å². The molecular weight excluding hydrogens is 642 g/mol. The highest BCUT2D eigenvalue weighted by atomic mass is 35.5. The van der Waals surface area contributed by atoms with Crippen LogP contribution in [0.5, 0.6) is 23.0 Å². The number of nitrogens with zero attached hydrogens (tertiary/aromatic N) is 1. The lowest BCUT2D eigenvalue weighted by molar-refractivity contribution is -0.274. The molecule has 14 heteroatoms. The third-order valence-electron chi connectivity index (χ3n) is 6.07. The number of carbonyl (C=O) groups excluding carboxylic acids is 1. The summed E-state index contributed by atoms with van der Waals surface area (Å²) in [5.74, 6) is -0.447. The van der Waals surface area contributed by atoms with E-state index in [0.717, 1.165) is 17.7 Å². The Morgan fingerprint density at radius 1 is 0.822 bits per heavy atom. The number of carboxylic acid groups (broad SMARTS) is 1. The van der Waals surface area contributed by atoms with Gasteiger partial charge in [0.1, 0.15) is 29.6 Å². The molecule has 0 radical (unpaired) electrons. The van der Waals surface area contributed by atoms with Crippen LogP contribution in [0, 0.1) is 0 Å². The lowest BCUT2D eigenvalue weighted by Gasteiger charge is -2.22. The molecule has 0 aliphatic carbocycles. The van der Waals surface area contributed by atoms with E-state index in [0.29, 0.717) is 41.0 Å². The number of halogens is 5. The first-order chi connectivity index (χ1) is 21.4. The van der Waals surface area contributed by atoms with Crippen LogP contribution in [0.4, 0.5) is 18.0 Å². The van der Waals surface area contributed by atoms with Gasteiger partial charge in [-0.25, -0.2) is 9.59 Å². The molecule has 244 valence electrons. The minimum Gasteiger partial charge on any atom is -0.493 e. The number of benzene rings is 3. The van der Waals surface area contributed by atoms with Gasteiger partial charge in [0.2, 0.25) is 0 Å². The summed E-state index contributed by atoms with van der Waals surface area (Å²) in [6.07, 6.45) is -5.23. The van der Waals surface area contributed by atoms with Gasteiger partial charge in [0, 0.05) is 29.6 Å². The van der Waals surface area contributed by atoms with Crippen molar-refractivity contribution in [3.05, 3.63) is 82.3 Å². The van der Waals surface area contributed by atoms with E-state index in [1.807, 2.05) is 0 Å². The third kappa shape index (κ3) is 13.3. The fraction of sp³-hybridized carbons (Fsp3) is 0.355. The van der Waals surface area contributed by atoms with E-state index in [-0.39, 0.29) is 38.5 Å². The van der Waals surface area contributed by atoms with Crippen LogP contribution < -0.4 is 18.9 Å². The minimum absolute atomic E-state index is 0.0314. The quantitative estimate of drug-likeness (QED) is 0.146. The molecule has 0 saturated carbocycles. The molecule has 1 N–H and O–H groups in total. The number of ether oxygens (including phenoxy) is 5. The van der Waals surface area contributed by atoms with Crippen LogP contribution in [-0.2, 0) is 16.0 Å². The van der Waals surface area contributed by atoms with Crippen LogP contribution in [0.2, 0.25) is 10.0 Å². The number of alkyl halides is 3. The zero-order valence-electron chi connectivity index (χ0n) is 24.2. The van der Waals surface area contributed by atoms with E-state index in [9.17, 15) is 27.9 Å². The summed E-state index contributed by atoms with van der Waals surface area (Å²) in [5.41, 5.74) is 0.752. The molecule has 45 heavy (non-hydrogen) atoms. The first-order valence-electron chi connectivity index (χ1n) is 13.9. The highest BCUT2D eigenvalue weighted by Crippen LogP contribution is 2.26. The summed E-state index contributed by atoms with van der Waals surface area (Å²) >= 11 is 12.0. The van der Waals surface area contributed by atoms with Crippen LogP contribution in [0.15, 0.2) is 66.7 Å². The zero-order chi connectivity index (χ0) is 32.8. The first-order valence-corrected chi connectivity index (χ1v) is 14.6. The summed E-state index contributed by atoms with van der Waals surface area (Å²) in [4.78, 5) is 25.8. The monoisotopic (exact) mass is 673 g/mol. The predicted octanol–water partition coefficient (Wildman–Crippen LogP) is 7.66. The second-order valence-electron chi connectivity index (χ2n) is 9.51. The van der Waals surface area contributed by atoms with Gasteiger partial charge in [-0.15, -0.1) is 13.2 Å². The Morgan fingerprint density at radius 2 is 1.42 bits per heavy atom. The van der Waals surface area contributed by atoms with Gasteiger partial charge in [-0.3, -0.25) is 0 Å². The van der Waals surface area contributed by atoms with E-state index in [1.165, 1.54) is 17.0 Å². The summed E-state index contributed by atoms with van der Waals surface area (Å²) < 4.78 is 63.3. The molecule has 1 unspecified atom stereocenters. The van der Waals surface area contributed by atoms with Gasteiger partial charge in [0.15, 0.2) is 6.10 Å². The van der Waals surface area contributed by atoms with E-state index in [2.05, 4.69) is 4.74 Å². The number of carbonyl (C=O) groups is 2. The summed E-state index contributed by atoms with van der Waals surface area (Å²) in [6.45, 7) is 2.82. The Kier molecular flexibility index (Phi) is 13.9. The van der Waals surface area contributed by atoms with Crippen molar-refractivity contribution in [2.24, 2.45) is 0 Å². The second-order valence-corrected chi connectivity index (χ2v) is 10.4. The number of unbranched alkanes of at least 4 members (excludes halogenated alkanes) is 1. The van der Waals surface area contributed by atoms with Gasteiger partial charge in [0.05, 0.1) is 13.2 Å². The average molecular weight is 674 g/mol. The molecular formula is C31H32Cl2F3NO8. The molecule has 0 heterocycles. The molecule has 0 spiro atoms. The van der Waals surface area contributed by atoms with Crippen molar-refractivity contribution in [2.45, 2.75) is 38.7 Å². The fourth-order valence-corrected chi connectivity index (χ4v) is 4.51. The number of hydrogen-bond donors (Lipinski definition) is 1. The lowest BCUT2D eigenvalue weighted by Crippen LogP contribution is -2.37. The van der Waals surface area contributed by atoms with E-state index >= 15 is 0 Å². The average Bonchev–Trinajstić information content (AvgIpc) is 2.96. The van der Waals surface area contributed by atoms with Crippen molar-refractivity contribution in [3.8, 4) is 23.0 Å². The molecule has 0 aromatic heterocycles. The minimum atomic E-state index is -4.84. The van der Waals surface area contributed by atoms with Gasteiger partial charge in [0.25, 0.3) is 0 Å². The lowest BCUT2D eigenvalue weighted by atomic mass is 10.1. The van der Waals surface area contributed by atoms with Crippen molar-refractivity contribution in [1.82, 2.24) is 4.90 Å². The van der Waals surface area contributed by atoms with Gasteiger partial charge < -0.3 is 33.7 Å². The molecule has 0 saturated heterocycles. The molecule has 3 rings (SSSR count). The summed E-state index contributed by atoms with van der Waals surface area (Å²) in [5, 5.41) is 10.2. The topological polar surface area (TPSA) is 104 Å². The first kappa shape index (κ1) is 35.6. The van der Waals surface area contributed by atoms with Crippen LogP contribution in [0.3, 0.4) is 0 Å². The molecule has 1 atom stereocenters. The van der Waals surface area contributed by atoms with Gasteiger partial charge in [-0.1, -0.05) is 35.3 Å². The second kappa shape index (κ2) is 17.6. The van der Waals surface area contributed by atoms with Crippen molar-refractivity contribution in [1.29, 1.82) is 0 Å². The molecule has 3 aromatic carbocycles. The molecule has 9 nitrogen and oxygen atoms in total. The Morgan fingerprint density at radius 3 is 2.02 bits per heavy atom. The summed E-state index contributed by atoms with van der Waals surface area (Å²) in [6, 6.07) is 16.2. The summed E-state index contributed by atoms with van der Waals surface area (Å²) in [7, 11) is 0. The van der Waals surface area contributed by atoms with Crippen LogP contribution in [0.1, 0.15) is 25.3 Å². The van der Waals surface area contributed by atoms with Crippen molar-refractivity contribution in [2.75, 3.05) is 32.9 Å². The normalized spacial score (nSPS) is 11.9. The maximum Gasteiger partial charge on any atom is 0.573 e. The smallest absolute Gasteiger partial charge is 0.493 e. The van der Waals surface area contributed by atoms with Gasteiger partial charge in [-0.2, -0.15) is 0 Å². The van der Waals surface area contributed by atoms with Gasteiger partial charge >= 0.3 is 18.4 Å². The molecule has 0 aliphatic heterocycles. The molecule has 0 bridgehead atoms. The fourth-order valence-electron chi connectivity index (χ4n) is 4.00. The third-order valence-corrected chi connectivity index (χ3v) is 6.50. The largest absolute Gasteiger partial charge is 0.573 e. The van der Waals surface area contributed by atoms with Crippen molar-refractivity contribution < 1.29 is 51.6 Å². The van der Waals surface area contributed by atoms with Crippen LogP contribution >= 0.6 is 23.2 Å². The molecule has 1 amide bonds. The van der Waals surface area contributed by atoms with E-state index in [1.54, 1.807) is 49.4 Å². The highest BCUT2D eigenvalue weighted by molar-refractivity contribution is 6.34. The van der Waals surface area contributed by atoms with Crippen LogP contribution in [0.25, 0.3) is 0 Å². The maximum absolute atomic E-state index is 13.0. The SMILES string of the molecule is CCOC(Cc1ccc(OCCN(CCCCOc2cc(Cl)cc(Cl)c2)C(=O)Oc2ccc(OC(F)(F)F)cc2)cc1)C(=O)O. The number of carboxylic acids is 1. The standard InChI is InChI=1S/C31H32Cl2F3NO8/c1-2-41-28(29(38)39)17-21-5-7-24(8-6-21)43-16-14-37(13-3-4-15-42-27-19-22(32)18-23(33)20-27)30(40)44-25-9-11-26(12-10-25)45-31(34,35)36/h5-12,18-20,28H,2-4,13-17H2,1H3,(H,38,39). The Bertz CT molecular complexity index is 1350. The number of hydrogen-bond acceptors (Lipinski definition) is 7. The number of aliphatic carboxylic acids is 1. The Labute approximate surface area is 268 Å². The maximum atomic E-state index is 13.0. The molecule has 3 aromatic rings. The Hall–Kier alpha value is -3.87. The number of rotatable bonds is 17. The van der Waals surface area contributed by atoms with E-state index in [4.69, 9.17) is 42.1 Å². The zero-order valence-corrected chi connectivity index (χ0v) is 25.7. The Balaban J connectivity index is 1.56.